The molecule has 1 aromatic heterocycles. The van der Waals surface area contributed by atoms with Crippen molar-refractivity contribution in [3.63, 3.8) is 0 Å². The van der Waals surface area contributed by atoms with Gasteiger partial charge in [-0.05, 0) is 4.74 Å². The van der Waals surface area contributed by atoms with E-state index in [9.17, 15) is 4.79 Å². The average molecular weight is 218 g/mol. The number of carbonyl (C=O) groups is 1. The van der Waals surface area contributed by atoms with Crippen molar-refractivity contribution in [2.75, 3.05) is 7.11 Å². The van der Waals surface area contributed by atoms with E-state index in [4.69, 9.17) is 4.52 Å². The molecule has 0 aliphatic rings. The van der Waals surface area contributed by atoms with Crippen LogP contribution in [0.3, 0.4) is 0 Å². The van der Waals surface area contributed by atoms with E-state index in [1.54, 1.807) is 13.1 Å². The Morgan fingerprint density at radius 2 is 2.00 bits per heavy atom. The van der Waals surface area contributed by atoms with Gasteiger partial charge in [0, 0.05) is 5.56 Å². The zero-order chi connectivity index (χ0) is 11.5. The van der Waals surface area contributed by atoms with Gasteiger partial charge in [0.15, 0.2) is 7.05 Å². The van der Waals surface area contributed by atoms with Gasteiger partial charge in [0.1, 0.15) is 0 Å². The van der Waals surface area contributed by atoms with Gasteiger partial charge in [-0.3, -0.25) is 0 Å². The lowest BCUT2D eigenvalue weighted by atomic mass is 10.2. The van der Waals surface area contributed by atoms with Gasteiger partial charge in [-0.25, -0.2) is 9.32 Å². The molecule has 0 bridgehead atoms. The fraction of sp³-hybridized carbons (Fsp3) is 0.167. The fourth-order valence-electron chi connectivity index (χ4n) is 1.47. The highest BCUT2D eigenvalue weighted by Crippen LogP contribution is 2.18. The Morgan fingerprint density at radius 1 is 1.31 bits per heavy atom. The van der Waals surface area contributed by atoms with Crippen molar-refractivity contribution in [3.8, 4) is 11.3 Å². The van der Waals surface area contributed by atoms with E-state index >= 15 is 0 Å². The number of carbonyl (C=O) groups excluding carboxylic acids is 1. The molecule has 4 heteroatoms. The van der Waals surface area contributed by atoms with Crippen molar-refractivity contribution in [1.29, 1.82) is 0 Å². The van der Waals surface area contributed by atoms with Crippen LogP contribution >= 0.6 is 0 Å². The third kappa shape index (κ3) is 1.82. The Hall–Kier alpha value is -2.10. The predicted octanol–water partition coefficient (Wildman–Crippen LogP) is 1.56. The molecule has 0 aliphatic heterocycles. The SMILES string of the molecule is COC(=O)c1cc(-c2ccccc2)o[n+]1C. The number of aromatic nitrogens is 1. The van der Waals surface area contributed by atoms with Crippen LogP contribution in [0.4, 0.5) is 0 Å². The molecular formula is C12H12NO3+. The highest BCUT2D eigenvalue weighted by Gasteiger charge is 2.24. The van der Waals surface area contributed by atoms with E-state index in [2.05, 4.69) is 4.74 Å². The molecule has 0 fully saturated rings. The normalized spacial score (nSPS) is 10.1. The summed E-state index contributed by atoms with van der Waals surface area (Å²) in [5.41, 5.74) is 1.31. The topological polar surface area (TPSA) is 43.3 Å². The Morgan fingerprint density at radius 3 is 2.62 bits per heavy atom. The molecule has 0 aliphatic carbocycles. The maximum atomic E-state index is 11.4. The minimum Gasteiger partial charge on any atom is -0.461 e. The molecule has 1 heterocycles. The highest BCUT2D eigenvalue weighted by molar-refractivity contribution is 5.86. The van der Waals surface area contributed by atoms with Gasteiger partial charge in [-0.2, -0.15) is 0 Å². The molecule has 0 amide bonds. The molecule has 0 unspecified atom stereocenters. The minimum absolute atomic E-state index is 0.390. The molecule has 2 aromatic rings. The van der Waals surface area contributed by atoms with Gasteiger partial charge in [-0.15, -0.1) is 0 Å². The predicted molar refractivity (Wildman–Crippen MR) is 56.7 cm³/mol. The molecule has 0 saturated heterocycles. The third-order valence-electron chi connectivity index (χ3n) is 2.30. The number of hydrogen-bond acceptors (Lipinski definition) is 3. The molecule has 0 saturated carbocycles. The van der Waals surface area contributed by atoms with Crippen molar-refractivity contribution in [3.05, 3.63) is 42.1 Å². The van der Waals surface area contributed by atoms with E-state index in [0.29, 0.717) is 11.5 Å². The summed E-state index contributed by atoms with van der Waals surface area (Å²) in [5.74, 6) is 0.233. The van der Waals surface area contributed by atoms with Crippen LogP contribution in [-0.2, 0) is 11.8 Å². The lowest BCUT2D eigenvalue weighted by Gasteiger charge is -1.89. The molecule has 0 radical (unpaired) electrons. The first-order chi connectivity index (χ1) is 7.72. The van der Waals surface area contributed by atoms with Gasteiger partial charge < -0.3 is 4.74 Å². The van der Waals surface area contributed by atoms with Gasteiger partial charge >= 0.3 is 11.7 Å². The zero-order valence-corrected chi connectivity index (χ0v) is 9.14. The Bertz CT molecular complexity index is 502. The maximum Gasteiger partial charge on any atom is 0.407 e. The van der Waals surface area contributed by atoms with E-state index in [1.165, 1.54) is 11.8 Å². The smallest absolute Gasteiger partial charge is 0.407 e. The summed E-state index contributed by atoms with van der Waals surface area (Å²) in [4.78, 5) is 11.4. The summed E-state index contributed by atoms with van der Waals surface area (Å²) in [5, 5.41) is 0. The Labute approximate surface area is 93.0 Å². The Kier molecular flexibility index (Phi) is 2.72. The molecular weight excluding hydrogens is 206 g/mol. The second-order valence-electron chi connectivity index (χ2n) is 3.34. The van der Waals surface area contributed by atoms with Crippen LogP contribution in [0.25, 0.3) is 11.3 Å². The van der Waals surface area contributed by atoms with Crippen molar-refractivity contribution < 1.29 is 18.8 Å². The summed E-state index contributed by atoms with van der Waals surface area (Å²) < 4.78 is 11.5. The summed E-state index contributed by atoms with van der Waals surface area (Å²) in [6.45, 7) is 0. The first-order valence-electron chi connectivity index (χ1n) is 4.86. The van der Waals surface area contributed by atoms with Gasteiger partial charge in [0.05, 0.1) is 13.2 Å². The zero-order valence-electron chi connectivity index (χ0n) is 9.14. The number of benzene rings is 1. The number of methoxy groups -OCH3 is 1. The van der Waals surface area contributed by atoms with Crippen LogP contribution in [0.2, 0.25) is 0 Å². The van der Waals surface area contributed by atoms with Gasteiger partial charge in [0.2, 0.25) is 5.76 Å². The minimum atomic E-state index is -0.409. The number of esters is 1. The fourth-order valence-corrected chi connectivity index (χ4v) is 1.47. The summed E-state index contributed by atoms with van der Waals surface area (Å²) in [6, 6.07) is 11.2. The first kappa shape index (κ1) is 10.4. The number of ether oxygens (including phenoxy) is 1. The monoisotopic (exact) mass is 218 g/mol. The molecule has 0 spiro atoms. The van der Waals surface area contributed by atoms with E-state index in [-0.39, 0.29) is 0 Å². The van der Waals surface area contributed by atoms with Crippen LogP contribution in [-0.4, -0.2) is 13.1 Å². The van der Waals surface area contributed by atoms with Crippen LogP contribution in [0.1, 0.15) is 10.5 Å². The van der Waals surface area contributed by atoms with Gasteiger partial charge in [0.25, 0.3) is 0 Å². The van der Waals surface area contributed by atoms with Gasteiger partial charge in [-0.1, -0.05) is 30.3 Å². The lowest BCUT2D eigenvalue weighted by Crippen LogP contribution is -2.33. The van der Waals surface area contributed by atoms with Crippen LogP contribution < -0.4 is 4.74 Å². The Balaban J connectivity index is 2.42. The van der Waals surface area contributed by atoms with E-state index in [0.717, 1.165) is 5.56 Å². The van der Waals surface area contributed by atoms with Crippen LogP contribution in [0.15, 0.2) is 40.9 Å². The molecule has 1 aromatic carbocycles. The number of hydrogen-bond donors (Lipinski definition) is 0. The third-order valence-corrected chi connectivity index (χ3v) is 2.30. The largest absolute Gasteiger partial charge is 0.461 e. The summed E-state index contributed by atoms with van der Waals surface area (Å²) in [7, 11) is 3.01. The van der Waals surface area contributed by atoms with Crippen LogP contribution in [0, 0.1) is 0 Å². The summed E-state index contributed by atoms with van der Waals surface area (Å²) >= 11 is 0. The average Bonchev–Trinajstić information content (AvgIpc) is 2.71. The first-order valence-corrected chi connectivity index (χ1v) is 4.86. The number of rotatable bonds is 2. The molecule has 4 nitrogen and oxygen atoms in total. The maximum absolute atomic E-state index is 11.4. The van der Waals surface area contributed by atoms with E-state index < -0.39 is 5.97 Å². The molecule has 16 heavy (non-hydrogen) atoms. The van der Waals surface area contributed by atoms with Crippen molar-refractivity contribution in [2.45, 2.75) is 0 Å². The second kappa shape index (κ2) is 4.18. The summed E-state index contributed by atoms with van der Waals surface area (Å²) in [6.07, 6.45) is 0. The van der Waals surface area contributed by atoms with Crippen molar-refractivity contribution in [1.82, 2.24) is 0 Å². The quantitative estimate of drug-likeness (QED) is 0.567. The number of aryl methyl sites for hydroxylation is 1. The standard InChI is InChI=1S/C12H12NO3/c1-13-10(12(14)15-2)8-11(16-13)9-6-4-3-5-7-9/h3-8H,1-2H3/q+1. The molecule has 2 rings (SSSR count). The molecule has 0 N–H and O–H groups in total. The van der Waals surface area contributed by atoms with Crippen molar-refractivity contribution in [2.24, 2.45) is 7.05 Å². The molecule has 82 valence electrons. The second-order valence-corrected chi connectivity index (χ2v) is 3.34. The molecule has 0 atom stereocenters. The highest BCUT2D eigenvalue weighted by atomic mass is 16.5. The van der Waals surface area contributed by atoms with Crippen molar-refractivity contribution >= 4 is 5.97 Å². The van der Waals surface area contributed by atoms with E-state index in [1.807, 2.05) is 30.3 Å². The van der Waals surface area contributed by atoms with Crippen LogP contribution in [0.5, 0.6) is 0 Å². The lowest BCUT2D eigenvalue weighted by molar-refractivity contribution is -0.845. The number of nitrogens with zero attached hydrogens (tertiary/aromatic N) is 1.